The first-order valence-corrected chi connectivity index (χ1v) is 10.6. The first-order valence-electron chi connectivity index (χ1n) is 8.74. The zero-order valence-corrected chi connectivity index (χ0v) is 16.5. The van der Waals surface area contributed by atoms with Crippen LogP contribution < -0.4 is 4.74 Å². The van der Waals surface area contributed by atoms with Gasteiger partial charge in [-0.3, -0.25) is 4.90 Å². The second-order valence-electron chi connectivity index (χ2n) is 7.01. The molecular formula is C19H22N4O3S. The minimum Gasteiger partial charge on any atom is -0.497 e. The number of aromatic nitrogens is 3. The zero-order chi connectivity index (χ0) is 19.2. The van der Waals surface area contributed by atoms with Crippen LogP contribution >= 0.6 is 0 Å². The SMILES string of the molecule is COc1ccc2c(c1)c(CN1CCc3nc(S(C)(=O)=O)ncc3C1)cn2C. The molecule has 1 aliphatic heterocycles. The molecule has 2 aromatic heterocycles. The van der Waals surface area contributed by atoms with Crippen LogP contribution in [0.4, 0.5) is 0 Å². The Bertz CT molecular complexity index is 1120. The van der Waals surface area contributed by atoms with Crippen LogP contribution in [0.5, 0.6) is 5.75 Å². The first kappa shape index (κ1) is 17.9. The molecule has 3 heterocycles. The van der Waals surface area contributed by atoms with E-state index >= 15 is 0 Å². The van der Waals surface area contributed by atoms with E-state index in [0.29, 0.717) is 13.0 Å². The molecule has 0 spiro atoms. The summed E-state index contributed by atoms with van der Waals surface area (Å²) in [5.41, 5.74) is 4.24. The lowest BCUT2D eigenvalue weighted by molar-refractivity contribution is 0.243. The van der Waals surface area contributed by atoms with Gasteiger partial charge in [0.05, 0.1) is 12.8 Å². The van der Waals surface area contributed by atoms with Crippen molar-refractivity contribution >= 4 is 20.7 Å². The maximum atomic E-state index is 11.7. The number of sulfone groups is 1. The van der Waals surface area contributed by atoms with Crippen molar-refractivity contribution in [2.45, 2.75) is 24.7 Å². The summed E-state index contributed by atoms with van der Waals surface area (Å²) in [5.74, 6) is 0.848. The highest BCUT2D eigenvalue weighted by atomic mass is 32.2. The number of ether oxygens (including phenoxy) is 1. The molecule has 27 heavy (non-hydrogen) atoms. The maximum absolute atomic E-state index is 11.7. The first-order chi connectivity index (χ1) is 12.8. The van der Waals surface area contributed by atoms with E-state index in [2.05, 4.69) is 37.8 Å². The summed E-state index contributed by atoms with van der Waals surface area (Å²) in [6, 6.07) is 6.12. The van der Waals surface area contributed by atoms with E-state index in [4.69, 9.17) is 4.74 Å². The van der Waals surface area contributed by atoms with Gasteiger partial charge in [0.15, 0.2) is 0 Å². The lowest BCUT2D eigenvalue weighted by Gasteiger charge is -2.27. The van der Waals surface area contributed by atoms with Gasteiger partial charge in [-0.25, -0.2) is 18.4 Å². The Balaban J connectivity index is 1.59. The number of rotatable bonds is 4. The third-order valence-electron chi connectivity index (χ3n) is 5.00. The molecule has 1 aromatic carbocycles. The molecule has 0 unspecified atom stereocenters. The molecule has 0 N–H and O–H groups in total. The van der Waals surface area contributed by atoms with Gasteiger partial charge in [0.2, 0.25) is 15.0 Å². The number of aryl methyl sites for hydroxylation is 1. The van der Waals surface area contributed by atoms with Gasteiger partial charge in [0.25, 0.3) is 0 Å². The summed E-state index contributed by atoms with van der Waals surface area (Å²) in [4.78, 5) is 10.6. The Labute approximate surface area is 158 Å². The van der Waals surface area contributed by atoms with Crippen molar-refractivity contribution in [1.29, 1.82) is 0 Å². The highest BCUT2D eigenvalue weighted by Gasteiger charge is 2.22. The Morgan fingerprint density at radius 3 is 2.85 bits per heavy atom. The van der Waals surface area contributed by atoms with E-state index in [1.165, 1.54) is 16.5 Å². The standard InChI is InChI=1S/C19H22N4O3S/c1-22-10-14(16-8-15(26-2)4-5-18(16)22)12-23-7-6-17-13(11-23)9-20-19(21-17)27(3,24)25/h4-5,8-10H,6-7,11-12H2,1-3H3. The summed E-state index contributed by atoms with van der Waals surface area (Å²) in [5, 5.41) is 1.10. The van der Waals surface area contributed by atoms with Crippen molar-refractivity contribution in [3.63, 3.8) is 0 Å². The van der Waals surface area contributed by atoms with Gasteiger partial charge in [0, 0.05) is 68.2 Å². The molecule has 0 aliphatic carbocycles. The largest absolute Gasteiger partial charge is 0.497 e. The number of nitrogens with zero attached hydrogens (tertiary/aromatic N) is 4. The monoisotopic (exact) mass is 386 g/mol. The quantitative estimate of drug-likeness (QED) is 0.638. The fraction of sp³-hybridized carbons (Fsp3) is 0.368. The second-order valence-corrected chi connectivity index (χ2v) is 8.92. The maximum Gasteiger partial charge on any atom is 0.246 e. The Hall–Kier alpha value is -2.45. The third-order valence-corrected chi connectivity index (χ3v) is 5.86. The van der Waals surface area contributed by atoms with Gasteiger partial charge >= 0.3 is 0 Å². The van der Waals surface area contributed by atoms with E-state index in [0.717, 1.165) is 36.4 Å². The van der Waals surface area contributed by atoms with E-state index in [1.54, 1.807) is 13.3 Å². The topological polar surface area (TPSA) is 77.3 Å². The average Bonchev–Trinajstić information content (AvgIpc) is 2.95. The molecule has 4 rings (SSSR count). The van der Waals surface area contributed by atoms with Crippen molar-refractivity contribution in [2.75, 3.05) is 19.9 Å². The molecule has 0 amide bonds. The van der Waals surface area contributed by atoms with Crippen LogP contribution in [-0.4, -0.2) is 47.8 Å². The smallest absolute Gasteiger partial charge is 0.246 e. The lowest BCUT2D eigenvalue weighted by Crippen LogP contribution is -2.31. The average molecular weight is 386 g/mol. The van der Waals surface area contributed by atoms with Crippen molar-refractivity contribution in [3.05, 3.63) is 47.4 Å². The van der Waals surface area contributed by atoms with Crippen LogP contribution in [0, 0.1) is 0 Å². The molecule has 0 fully saturated rings. The number of benzene rings is 1. The van der Waals surface area contributed by atoms with Crippen LogP contribution in [0.25, 0.3) is 10.9 Å². The number of fused-ring (bicyclic) bond motifs is 2. The lowest BCUT2D eigenvalue weighted by atomic mass is 10.1. The summed E-state index contributed by atoms with van der Waals surface area (Å²) in [6.07, 6.45) is 5.66. The highest BCUT2D eigenvalue weighted by Crippen LogP contribution is 2.28. The van der Waals surface area contributed by atoms with E-state index in [1.807, 2.05) is 13.1 Å². The van der Waals surface area contributed by atoms with E-state index in [9.17, 15) is 8.42 Å². The summed E-state index contributed by atoms with van der Waals surface area (Å²) >= 11 is 0. The van der Waals surface area contributed by atoms with Crippen LogP contribution in [0.1, 0.15) is 16.8 Å². The fourth-order valence-corrected chi connectivity index (χ4v) is 4.14. The molecule has 0 saturated heterocycles. The predicted octanol–water partition coefficient (Wildman–Crippen LogP) is 1.94. The molecule has 0 atom stereocenters. The summed E-state index contributed by atoms with van der Waals surface area (Å²) in [6.45, 7) is 2.34. The molecule has 8 heteroatoms. The van der Waals surface area contributed by atoms with Crippen molar-refractivity contribution in [2.24, 2.45) is 7.05 Å². The van der Waals surface area contributed by atoms with Crippen molar-refractivity contribution in [1.82, 2.24) is 19.4 Å². The van der Waals surface area contributed by atoms with Gasteiger partial charge in [-0.1, -0.05) is 0 Å². The van der Waals surface area contributed by atoms with Gasteiger partial charge in [-0.2, -0.15) is 0 Å². The van der Waals surface area contributed by atoms with Gasteiger partial charge < -0.3 is 9.30 Å². The van der Waals surface area contributed by atoms with Crippen LogP contribution in [-0.2, 0) is 36.4 Å². The highest BCUT2D eigenvalue weighted by molar-refractivity contribution is 7.90. The molecular weight excluding hydrogens is 364 g/mol. The molecule has 0 bridgehead atoms. The molecule has 1 aliphatic rings. The Morgan fingerprint density at radius 1 is 1.30 bits per heavy atom. The number of methoxy groups -OCH3 is 1. The van der Waals surface area contributed by atoms with Gasteiger partial charge in [-0.05, 0) is 23.8 Å². The number of hydrogen-bond acceptors (Lipinski definition) is 6. The molecule has 3 aromatic rings. The molecule has 142 valence electrons. The Kier molecular flexibility index (Phi) is 4.39. The minimum atomic E-state index is -3.38. The third kappa shape index (κ3) is 3.42. The molecule has 0 saturated carbocycles. The Morgan fingerprint density at radius 2 is 2.11 bits per heavy atom. The van der Waals surface area contributed by atoms with Crippen molar-refractivity contribution < 1.29 is 13.2 Å². The van der Waals surface area contributed by atoms with E-state index < -0.39 is 9.84 Å². The number of hydrogen-bond donors (Lipinski definition) is 0. The summed E-state index contributed by atoms with van der Waals surface area (Å²) < 4.78 is 30.8. The predicted molar refractivity (Wildman–Crippen MR) is 102 cm³/mol. The van der Waals surface area contributed by atoms with E-state index in [-0.39, 0.29) is 5.16 Å². The van der Waals surface area contributed by atoms with Gasteiger partial charge in [-0.15, -0.1) is 0 Å². The van der Waals surface area contributed by atoms with Crippen LogP contribution in [0.2, 0.25) is 0 Å². The zero-order valence-electron chi connectivity index (χ0n) is 15.6. The molecule has 7 nitrogen and oxygen atoms in total. The summed E-state index contributed by atoms with van der Waals surface area (Å²) in [7, 11) is 0.346. The van der Waals surface area contributed by atoms with Crippen LogP contribution in [0.15, 0.2) is 35.7 Å². The van der Waals surface area contributed by atoms with Crippen LogP contribution in [0.3, 0.4) is 0 Å². The van der Waals surface area contributed by atoms with Gasteiger partial charge in [0.1, 0.15) is 5.75 Å². The minimum absolute atomic E-state index is 0.0872. The normalized spacial score (nSPS) is 15.1. The van der Waals surface area contributed by atoms with Crippen molar-refractivity contribution in [3.8, 4) is 5.75 Å². The second kappa shape index (κ2) is 6.61. The molecule has 0 radical (unpaired) electrons. The fourth-order valence-electron chi connectivity index (χ4n) is 3.62.